The van der Waals surface area contributed by atoms with Crippen LogP contribution in [-0.4, -0.2) is 57.2 Å². The molecule has 8 nitrogen and oxygen atoms in total. The SMILES string of the molecule is Cc1c(C(=O)N2CCOCCOc3ccc(-c4cccnc4)cc3Cc3cccc(c3)C2)nnn1-c1ccc(F)cc1. The Balaban J connectivity index is 1.28. The average molecular weight is 564 g/mol. The van der Waals surface area contributed by atoms with Gasteiger partial charge in [0, 0.05) is 37.5 Å². The predicted octanol–water partition coefficient (Wildman–Crippen LogP) is 5.42. The quantitative estimate of drug-likeness (QED) is 0.292. The summed E-state index contributed by atoms with van der Waals surface area (Å²) in [5, 5.41) is 8.38. The summed E-state index contributed by atoms with van der Waals surface area (Å²) < 4.78 is 27.0. The van der Waals surface area contributed by atoms with Gasteiger partial charge in [0.25, 0.3) is 5.91 Å². The zero-order chi connectivity index (χ0) is 28.9. The van der Waals surface area contributed by atoms with E-state index in [4.69, 9.17) is 9.47 Å². The van der Waals surface area contributed by atoms with E-state index in [-0.39, 0.29) is 17.4 Å². The van der Waals surface area contributed by atoms with Gasteiger partial charge in [-0.2, -0.15) is 0 Å². The summed E-state index contributed by atoms with van der Waals surface area (Å²) in [5.74, 6) is 0.235. The predicted molar refractivity (Wildman–Crippen MR) is 156 cm³/mol. The summed E-state index contributed by atoms with van der Waals surface area (Å²) in [6.07, 6.45) is 4.28. The molecule has 0 unspecified atom stereocenters. The molecule has 0 radical (unpaired) electrons. The van der Waals surface area contributed by atoms with Crippen LogP contribution in [0.2, 0.25) is 0 Å². The number of carbonyl (C=O) groups excluding carboxylic acids is 1. The van der Waals surface area contributed by atoms with Gasteiger partial charge in [0.1, 0.15) is 18.2 Å². The van der Waals surface area contributed by atoms with Crippen molar-refractivity contribution < 1.29 is 18.7 Å². The second-order valence-electron chi connectivity index (χ2n) is 10.2. The van der Waals surface area contributed by atoms with Crippen LogP contribution in [-0.2, 0) is 17.7 Å². The molecule has 0 fully saturated rings. The molecule has 1 amide bonds. The maximum absolute atomic E-state index is 13.8. The maximum atomic E-state index is 13.8. The summed E-state index contributed by atoms with van der Waals surface area (Å²) in [6.45, 7) is 3.66. The monoisotopic (exact) mass is 563 g/mol. The van der Waals surface area contributed by atoms with E-state index in [9.17, 15) is 9.18 Å². The van der Waals surface area contributed by atoms with Crippen molar-refractivity contribution in [3.63, 3.8) is 0 Å². The number of nitrogens with zero attached hydrogens (tertiary/aromatic N) is 5. The van der Waals surface area contributed by atoms with Crippen molar-refractivity contribution in [3.8, 4) is 22.6 Å². The van der Waals surface area contributed by atoms with Crippen LogP contribution in [0.1, 0.15) is 32.9 Å². The lowest BCUT2D eigenvalue weighted by atomic mass is 9.98. The van der Waals surface area contributed by atoms with Gasteiger partial charge in [-0.15, -0.1) is 5.10 Å². The first-order valence-corrected chi connectivity index (χ1v) is 13.8. The van der Waals surface area contributed by atoms with Crippen LogP contribution in [0.3, 0.4) is 0 Å². The highest BCUT2D eigenvalue weighted by Crippen LogP contribution is 2.29. The minimum Gasteiger partial charge on any atom is -0.491 e. The van der Waals surface area contributed by atoms with Crippen molar-refractivity contribution in [2.24, 2.45) is 0 Å². The van der Waals surface area contributed by atoms with Crippen LogP contribution in [0.15, 0.2) is 91.3 Å². The first kappa shape index (κ1) is 27.3. The number of rotatable bonds is 3. The van der Waals surface area contributed by atoms with Gasteiger partial charge >= 0.3 is 0 Å². The van der Waals surface area contributed by atoms with Crippen molar-refractivity contribution in [1.29, 1.82) is 0 Å². The lowest BCUT2D eigenvalue weighted by molar-refractivity contribution is 0.0566. The number of aromatic nitrogens is 4. The molecule has 0 aliphatic carbocycles. The highest BCUT2D eigenvalue weighted by atomic mass is 19.1. The topological polar surface area (TPSA) is 82.4 Å². The maximum Gasteiger partial charge on any atom is 0.276 e. The summed E-state index contributed by atoms with van der Waals surface area (Å²) in [6, 6.07) is 24.3. The normalized spacial score (nSPS) is 14.0. The van der Waals surface area contributed by atoms with E-state index in [1.54, 1.807) is 34.8 Å². The zero-order valence-corrected chi connectivity index (χ0v) is 23.2. The molecular weight excluding hydrogens is 533 g/mol. The Kier molecular flexibility index (Phi) is 8.00. The first-order chi connectivity index (χ1) is 20.5. The standard InChI is InChI=1S/C33H30FN5O3/c1-23-32(36-37-39(23)30-10-8-29(34)9-11-30)33(40)38-14-15-41-16-17-42-31-12-7-26(27-6-3-13-35-21-27)20-28(31)19-24-4-2-5-25(18-24)22-38/h2-13,18,20-21H,14-17,19,22H2,1H3. The fourth-order valence-electron chi connectivity index (χ4n) is 5.09. The van der Waals surface area contributed by atoms with E-state index in [0.717, 1.165) is 33.6 Å². The van der Waals surface area contributed by atoms with Crippen LogP contribution in [0.25, 0.3) is 16.8 Å². The molecule has 1 aliphatic rings. The summed E-state index contributed by atoms with van der Waals surface area (Å²) >= 11 is 0. The third kappa shape index (κ3) is 6.06. The van der Waals surface area contributed by atoms with E-state index in [2.05, 4.69) is 33.5 Å². The van der Waals surface area contributed by atoms with Gasteiger partial charge in [0.2, 0.25) is 0 Å². The molecule has 0 saturated carbocycles. The molecule has 3 aromatic carbocycles. The van der Waals surface area contributed by atoms with E-state index in [1.165, 1.54) is 12.1 Å². The van der Waals surface area contributed by atoms with Crippen molar-refractivity contribution >= 4 is 5.91 Å². The van der Waals surface area contributed by atoms with Gasteiger partial charge in [0.05, 0.1) is 24.6 Å². The molecule has 6 rings (SSSR count). The second-order valence-corrected chi connectivity index (χ2v) is 10.2. The Labute approximate surface area is 243 Å². The molecule has 42 heavy (non-hydrogen) atoms. The molecule has 0 spiro atoms. The third-order valence-electron chi connectivity index (χ3n) is 7.26. The summed E-state index contributed by atoms with van der Waals surface area (Å²) in [7, 11) is 0. The van der Waals surface area contributed by atoms with E-state index >= 15 is 0 Å². The van der Waals surface area contributed by atoms with Gasteiger partial charge in [-0.1, -0.05) is 41.6 Å². The molecule has 1 aliphatic heterocycles. The first-order valence-electron chi connectivity index (χ1n) is 13.8. The van der Waals surface area contributed by atoms with Crippen LogP contribution >= 0.6 is 0 Å². The number of halogens is 1. The van der Waals surface area contributed by atoms with Gasteiger partial charge in [0.15, 0.2) is 5.69 Å². The Morgan fingerprint density at radius 1 is 0.905 bits per heavy atom. The Morgan fingerprint density at radius 3 is 2.60 bits per heavy atom. The molecule has 9 heteroatoms. The fourth-order valence-corrected chi connectivity index (χ4v) is 5.09. The summed E-state index contributed by atoms with van der Waals surface area (Å²) in [4.78, 5) is 19.7. The van der Waals surface area contributed by atoms with E-state index in [0.29, 0.717) is 50.7 Å². The minimum absolute atomic E-state index is 0.246. The molecule has 0 N–H and O–H groups in total. The smallest absolute Gasteiger partial charge is 0.276 e. The van der Waals surface area contributed by atoms with Gasteiger partial charge < -0.3 is 14.4 Å². The zero-order valence-electron chi connectivity index (χ0n) is 23.2. The lowest BCUT2D eigenvalue weighted by Crippen LogP contribution is -2.34. The number of benzene rings is 3. The van der Waals surface area contributed by atoms with E-state index < -0.39 is 0 Å². The Morgan fingerprint density at radius 2 is 1.76 bits per heavy atom. The molecule has 5 aromatic rings. The van der Waals surface area contributed by atoms with Crippen molar-refractivity contribution in [2.45, 2.75) is 19.9 Å². The minimum atomic E-state index is -0.344. The number of hydrogen-bond donors (Lipinski definition) is 0. The molecule has 0 saturated heterocycles. The van der Waals surface area contributed by atoms with Gasteiger partial charge in [-0.3, -0.25) is 9.78 Å². The van der Waals surface area contributed by atoms with Crippen LogP contribution in [0.4, 0.5) is 4.39 Å². The molecule has 0 atom stereocenters. The molecule has 3 heterocycles. The molecule has 2 aromatic heterocycles. The van der Waals surface area contributed by atoms with Crippen molar-refractivity contribution in [3.05, 3.63) is 125 Å². The van der Waals surface area contributed by atoms with Crippen LogP contribution in [0.5, 0.6) is 5.75 Å². The number of ether oxygens (including phenoxy) is 2. The van der Waals surface area contributed by atoms with Crippen LogP contribution in [0, 0.1) is 12.7 Å². The fraction of sp³-hybridized carbons (Fsp3) is 0.212. The highest BCUT2D eigenvalue weighted by Gasteiger charge is 2.24. The molecule has 212 valence electrons. The van der Waals surface area contributed by atoms with E-state index in [1.807, 2.05) is 42.6 Å². The largest absolute Gasteiger partial charge is 0.491 e. The van der Waals surface area contributed by atoms with Crippen molar-refractivity contribution in [1.82, 2.24) is 24.9 Å². The Hall–Kier alpha value is -4.89. The number of pyridine rings is 1. The molecule has 2 bridgehead atoms. The van der Waals surface area contributed by atoms with Gasteiger partial charge in [-0.05, 0) is 71.6 Å². The number of carbonyl (C=O) groups is 1. The number of fused-ring (bicyclic) bond motifs is 3. The van der Waals surface area contributed by atoms with Crippen LogP contribution < -0.4 is 4.74 Å². The number of amides is 1. The second kappa shape index (κ2) is 12.3. The third-order valence-corrected chi connectivity index (χ3v) is 7.26. The van der Waals surface area contributed by atoms with Crippen molar-refractivity contribution in [2.75, 3.05) is 26.4 Å². The average Bonchev–Trinajstić information content (AvgIpc) is 3.40. The Bertz CT molecular complexity index is 1690. The lowest BCUT2D eigenvalue weighted by Gasteiger charge is -2.23. The van der Waals surface area contributed by atoms with Gasteiger partial charge in [-0.25, -0.2) is 9.07 Å². The molecular formula is C33H30FN5O3. The summed E-state index contributed by atoms with van der Waals surface area (Å²) in [5.41, 5.74) is 6.73. The highest BCUT2D eigenvalue weighted by molar-refractivity contribution is 5.93. The number of hydrogen-bond acceptors (Lipinski definition) is 6.